The molecular formula is C19H24FN5O2. The number of imidazole rings is 1. The molecule has 1 aliphatic rings. The normalized spacial score (nSPS) is 15.4. The summed E-state index contributed by atoms with van der Waals surface area (Å²) in [6.45, 7) is 4.79. The second-order valence-corrected chi connectivity index (χ2v) is 6.75. The van der Waals surface area contributed by atoms with Crippen LogP contribution in [0.4, 0.5) is 10.1 Å². The second kappa shape index (κ2) is 8.30. The third-order valence-corrected chi connectivity index (χ3v) is 4.68. The Morgan fingerprint density at radius 3 is 2.74 bits per heavy atom. The fraction of sp³-hybridized carbons (Fsp3) is 0.421. The molecule has 3 rings (SSSR count). The van der Waals surface area contributed by atoms with Gasteiger partial charge in [-0.3, -0.25) is 14.5 Å². The molecule has 0 atom stereocenters. The van der Waals surface area contributed by atoms with Crippen molar-refractivity contribution in [2.24, 2.45) is 7.05 Å². The van der Waals surface area contributed by atoms with E-state index < -0.39 is 5.82 Å². The van der Waals surface area contributed by atoms with Crippen molar-refractivity contribution in [3.05, 3.63) is 47.8 Å². The molecule has 1 aliphatic heterocycles. The van der Waals surface area contributed by atoms with E-state index in [-0.39, 0.29) is 17.4 Å². The molecule has 1 N–H and O–H groups in total. The highest BCUT2D eigenvalue weighted by Crippen LogP contribution is 2.20. The molecule has 2 heterocycles. The lowest BCUT2D eigenvalue weighted by Crippen LogP contribution is -2.35. The fourth-order valence-corrected chi connectivity index (χ4v) is 3.24. The lowest BCUT2D eigenvalue weighted by Gasteiger charge is -2.23. The molecule has 0 bridgehead atoms. The van der Waals surface area contributed by atoms with Crippen LogP contribution in [0.3, 0.4) is 0 Å². The van der Waals surface area contributed by atoms with Crippen LogP contribution in [0, 0.1) is 5.82 Å². The van der Waals surface area contributed by atoms with Crippen molar-refractivity contribution in [1.29, 1.82) is 0 Å². The number of halogens is 1. The predicted molar refractivity (Wildman–Crippen MR) is 99.7 cm³/mol. The third kappa shape index (κ3) is 4.71. The number of hydrogen-bond donors (Lipinski definition) is 1. The lowest BCUT2D eigenvalue weighted by atomic mass is 10.1. The van der Waals surface area contributed by atoms with Crippen molar-refractivity contribution < 1.29 is 14.0 Å². The minimum absolute atomic E-state index is 0.183. The average Bonchev–Trinajstić information content (AvgIpc) is 2.88. The maximum atomic E-state index is 13.7. The van der Waals surface area contributed by atoms with Crippen LogP contribution in [0.15, 0.2) is 30.6 Å². The number of anilines is 1. The number of carbonyl (C=O) groups is 2. The lowest BCUT2D eigenvalue weighted by molar-refractivity contribution is -0.114. The monoisotopic (exact) mass is 373 g/mol. The summed E-state index contributed by atoms with van der Waals surface area (Å²) in [5.74, 6) is -0.0867. The van der Waals surface area contributed by atoms with E-state index >= 15 is 0 Å². The first-order chi connectivity index (χ1) is 12.9. The van der Waals surface area contributed by atoms with Crippen molar-refractivity contribution in [3.63, 3.8) is 0 Å². The number of benzene rings is 1. The molecule has 8 heteroatoms. The van der Waals surface area contributed by atoms with Crippen molar-refractivity contribution in [3.8, 4) is 0 Å². The molecule has 1 fully saturated rings. The molecular weight excluding hydrogens is 349 g/mol. The van der Waals surface area contributed by atoms with E-state index in [2.05, 4.69) is 15.2 Å². The van der Waals surface area contributed by atoms with E-state index in [0.717, 1.165) is 25.3 Å². The van der Waals surface area contributed by atoms with Gasteiger partial charge in [0, 0.05) is 52.5 Å². The molecule has 0 radical (unpaired) electrons. The molecule has 7 nitrogen and oxygen atoms in total. The smallest absolute Gasteiger partial charge is 0.256 e. The van der Waals surface area contributed by atoms with Crippen LogP contribution >= 0.6 is 0 Å². The Kier molecular flexibility index (Phi) is 5.85. The first-order valence-electron chi connectivity index (χ1n) is 8.99. The Balaban J connectivity index is 1.70. The summed E-state index contributed by atoms with van der Waals surface area (Å²) >= 11 is 0. The van der Waals surface area contributed by atoms with Gasteiger partial charge in [-0.05, 0) is 24.6 Å². The van der Waals surface area contributed by atoms with Gasteiger partial charge in [0.1, 0.15) is 11.6 Å². The predicted octanol–water partition coefficient (Wildman–Crippen LogP) is 1.87. The van der Waals surface area contributed by atoms with Crippen molar-refractivity contribution in [2.75, 3.05) is 31.5 Å². The molecule has 1 aromatic heterocycles. The summed E-state index contributed by atoms with van der Waals surface area (Å²) in [5, 5.41) is 2.61. The molecule has 0 spiro atoms. The Bertz CT molecular complexity index is 835. The highest BCUT2D eigenvalue weighted by atomic mass is 19.1. The Morgan fingerprint density at radius 1 is 1.22 bits per heavy atom. The highest BCUT2D eigenvalue weighted by Gasteiger charge is 2.23. The van der Waals surface area contributed by atoms with Gasteiger partial charge < -0.3 is 14.8 Å². The van der Waals surface area contributed by atoms with Gasteiger partial charge in [-0.1, -0.05) is 0 Å². The Hall–Kier alpha value is -2.74. The standard InChI is InChI=1S/C19H24FN5O2/c1-14(26)22-17-5-4-15(20)12-16(17)19(27)25-8-3-7-24(10-11-25)13-18-21-6-9-23(18)2/h4-6,9,12H,3,7-8,10-11,13H2,1-2H3,(H,22,26). The summed E-state index contributed by atoms with van der Waals surface area (Å²) < 4.78 is 15.7. The zero-order chi connectivity index (χ0) is 19.4. The van der Waals surface area contributed by atoms with Gasteiger partial charge >= 0.3 is 0 Å². The highest BCUT2D eigenvalue weighted by molar-refractivity contribution is 6.03. The van der Waals surface area contributed by atoms with Gasteiger partial charge in [-0.2, -0.15) is 0 Å². The number of aromatic nitrogens is 2. The zero-order valence-electron chi connectivity index (χ0n) is 15.6. The van der Waals surface area contributed by atoms with Crippen molar-refractivity contribution in [2.45, 2.75) is 19.9 Å². The van der Waals surface area contributed by atoms with E-state index in [1.807, 2.05) is 17.8 Å². The number of rotatable bonds is 4. The zero-order valence-corrected chi connectivity index (χ0v) is 15.6. The van der Waals surface area contributed by atoms with Gasteiger partial charge in [0.15, 0.2) is 0 Å². The topological polar surface area (TPSA) is 70.5 Å². The van der Waals surface area contributed by atoms with E-state index in [1.54, 1.807) is 11.1 Å². The number of amides is 2. The summed E-state index contributed by atoms with van der Waals surface area (Å²) in [5.41, 5.74) is 0.519. The first kappa shape index (κ1) is 19.0. The summed E-state index contributed by atoms with van der Waals surface area (Å²) in [6.07, 6.45) is 4.51. The summed E-state index contributed by atoms with van der Waals surface area (Å²) in [4.78, 5) is 32.7. The van der Waals surface area contributed by atoms with Crippen LogP contribution in [-0.2, 0) is 18.4 Å². The largest absolute Gasteiger partial charge is 0.337 e. The van der Waals surface area contributed by atoms with Crippen LogP contribution in [0.25, 0.3) is 0 Å². The molecule has 27 heavy (non-hydrogen) atoms. The van der Waals surface area contributed by atoms with Gasteiger partial charge in [-0.15, -0.1) is 0 Å². The van der Waals surface area contributed by atoms with Gasteiger partial charge in [0.2, 0.25) is 5.91 Å². The summed E-state index contributed by atoms with van der Waals surface area (Å²) in [6, 6.07) is 3.85. The molecule has 2 amide bonds. The third-order valence-electron chi connectivity index (χ3n) is 4.68. The molecule has 1 saturated heterocycles. The molecule has 144 valence electrons. The van der Waals surface area contributed by atoms with Crippen LogP contribution in [-0.4, -0.2) is 57.3 Å². The number of nitrogens with zero attached hydrogens (tertiary/aromatic N) is 4. The Labute approximate surface area is 157 Å². The summed E-state index contributed by atoms with van der Waals surface area (Å²) in [7, 11) is 1.96. The quantitative estimate of drug-likeness (QED) is 0.888. The SMILES string of the molecule is CC(=O)Nc1ccc(F)cc1C(=O)N1CCCN(Cc2nccn2C)CC1. The molecule has 1 aromatic carbocycles. The van der Waals surface area contributed by atoms with E-state index in [9.17, 15) is 14.0 Å². The minimum Gasteiger partial charge on any atom is -0.337 e. The fourth-order valence-electron chi connectivity index (χ4n) is 3.24. The van der Waals surface area contributed by atoms with E-state index in [1.165, 1.54) is 25.1 Å². The molecule has 0 unspecified atom stereocenters. The number of aryl methyl sites for hydroxylation is 1. The number of hydrogen-bond acceptors (Lipinski definition) is 4. The van der Waals surface area contributed by atoms with Crippen LogP contribution < -0.4 is 5.32 Å². The van der Waals surface area contributed by atoms with Crippen molar-refractivity contribution in [1.82, 2.24) is 19.4 Å². The maximum absolute atomic E-state index is 13.7. The second-order valence-electron chi connectivity index (χ2n) is 6.75. The Morgan fingerprint density at radius 2 is 2.04 bits per heavy atom. The number of nitrogens with one attached hydrogen (secondary N) is 1. The maximum Gasteiger partial charge on any atom is 0.256 e. The van der Waals surface area contributed by atoms with Crippen LogP contribution in [0.5, 0.6) is 0 Å². The molecule has 0 aliphatic carbocycles. The van der Waals surface area contributed by atoms with Gasteiger partial charge in [0.05, 0.1) is 17.8 Å². The van der Waals surface area contributed by atoms with Gasteiger partial charge in [-0.25, -0.2) is 9.37 Å². The van der Waals surface area contributed by atoms with Gasteiger partial charge in [0.25, 0.3) is 5.91 Å². The molecule has 0 saturated carbocycles. The van der Waals surface area contributed by atoms with Crippen LogP contribution in [0.1, 0.15) is 29.5 Å². The van der Waals surface area contributed by atoms with E-state index in [0.29, 0.717) is 25.3 Å². The van der Waals surface area contributed by atoms with Crippen LogP contribution in [0.2, 0.25) is 0 Å². The van der Waals surface area contributed by atoms with Crippen molar-refractivity contribution >= 4 is 17.5 Å². The molecule has 2 aromatic rings. The average molecular weight is 373 g/mol. The van der Waals surface area contributed by atoms with E-state index in [4.69, 9.17) is 0 Å². The first-order valence-corrected chi connectivity index (χ1v) is 8.99. The minimum atomic E-state index is -0.501. The number of carbonyl (C=O) groups excluding carboxylic acids is 2.